The van der Waals surface area contributed by atoms with Gasteiger partial charge in [0.1, 0.15) is 17.5 Å². The molecule has 5 atom stereocenters. The van der Waals surface area contributed by atoms with Crippen molar-refractivity contribution in [3.63, 3.8) is 0 Å². The highest BCUT2D eigenvalue weighted by Crippen LogP contribution is 2.23. The number of carbonyl (C=O) groups is 2. The molecule has 0 aromatic carbocycles. The summed E-state index contributed by atoms with van der Waals surface area (Å²) in [6.45, 7) is 12.7. The average molecular weight is 521 g/mol. The fraction of sp³-hybridized carbons (Fsp3) is 0.828. The van der Waals surface area contributed by atoms with Crippen LogP contribution in [0, 0.1) is 11.3 Å². The van der Waals surface area contributed by atoms with E-state index in [1.165, 1.54) is 17.7 Å². The summed E-state index contributed by atoms with van der Waals surface area (Å²) in [5, 5.41) is 21.8. The van der Waals surface area contributed by atoms with Crippen LogP contribution in [0.2, 0.25) is 0 Å². The Morgan fingerprint density at radius 1 is 1.16 bits per heavy atom. The Kier molecular flexibility index (Phi) is 12.6. The summed E-state index contributed by atoms with van der Waals surface area (Å²) in [5.41, 5.74) is 0.911. The zero-order valence-corrected chi connectivity index (χ0v) is 24.3. The van der Waals surface area contributed by atoms with E-state index in [1.807, 2.05) is 13.0 Å². The number of aliphatic hydroxyl groups excluding tert-OH is 1. The molecular formula is C29H52N4O4. The van der Waals surface area contributed by atoms with E-state index in [-0.39, 0.29) is 23.3 Å². The fourth-order valence-corrected chi connectivity index (χ4v) is 4.89. The van der Waals surface area contributed by atoms with Crippen LogP contribution < -0.4 is 10.6 Å². The summed E-state index contributed by atoms with van der Waals surface area (Å²) in [5.74, 6) is 0.989. The van der Waals surface area contributed by atoms with Crippen LogP contribution in [0.5, 0.6) is 0 Å². The van der Waals surface area contributed by atoms with Gasteiger partial charge in [-0.15, -0.1) is 0 Å². The topological polar surface area (TPSA) is 108 Å². The molecule has 1 aliphatic heterocycles. The molecular weight excluding hydrogens is 468 g/mol. The lowest BCUT2D eigenvalue weighted by atomic mass is 9.91. The monoisotopic (exact) mass is 520 g/mol. The Bertz CT molecular complexity index is 834. The maximum atomic E-state index is 13.1. The van der Waals surface area contributed by atoms with Crippen LogP contribution in [-0.4, -0.2) is 58.8 Å². The Labute approximate surface area is 224 Å². The van der Waals surface area contributed by atoms with Gasteiger partial charge in [-0.3, -0.25) is 9.59 Å². The molecule has 0 aliphatic carbocycles. The number of carbonyl (C=O) groups excluding carboxylic acids is 2. The van der Waals surface area contributed by atoms with Crippen LogP contribution in [0.1, 0.15) is 117 Å². The lowest BCUT2D eigenvalue weighted by Crippen LogP contribution is -2.54. The highest BCUT2D eigenvalue weighted by atomic mass is 16.5. The van der Waals surface area contributed by atoms with Crippen LogP contribution in [0.25, 0.3) is 0 Å². The fourth-order valence-electron chi connectivity index (χ4n) is 4.89. The highest BCUT2D eigenvalue weighted by Gasteiger charge is 2.29. The number of aromatic nitrogens is 1. The van der Waals surface area contributed by atoms with Crippen molar-refractivity contribution >= 4 is 11.8 Å². The number of hydrogen-bond acceptors (Lipinski definition) is 6. The number of nitrogens with one attached hydrogen (secondary N) is 2. The van der Waals surface area contributed by atoms with Gasteiger partial charge < -0.3 is 25.2 Å². The molecule has 37 heavy (non-hydrogen) atoms. The van der Waals surface area contributed by atoms with Crippen LogP contribution in [0.15, 0.2) is 10.6 Å². The van der Waals surface area contributed by atoms with E-state index in [1.54, 1.807) is 14.0 Å². The van der Waals surface area contributed by atoms with Crippen molar-refractivity contribution in [3.05, 3.63) is 17.5 Å². The largest absolute Gasteiger partial charge is 0.390 e. The standard InChI is InChI=1S/C29H52N4O4/c1-20-14-12-10-8-9-11-13-15-27(35)33(7)22(3)28(36)31-25(16-20)26(34)19-30-21(2)24-17-23(37-32-24)18-29(4,5)6/h17,20-22,25-26,30,34H,8-16,18-19H2,1-7H3,(H,31,36)/t20-,21+,22+,25+,26-/m1/s1. The van der Waals surface area contributed by atoms with Crippen LogP contribution in [-0.2, 0) is 16.0 Å². The molecule has 1 aromatic rings. The number of hydrogen-bond donors (Lipinski definition) is 3. The van der Waals surface area contributed by atoms with Crippen molar-refractivity contribution in [2.45, 2.75) is 130 Å². The zero-order chi connectivity index (χ0) is 27.6. The Morgan fingerprint density at radius 2 is 1.81 bits per heavy atom. The molecule has 1 aliphatic rings. The van der Waals surface area contributed by atoms with Crippen LogP contribution in [0.3, 0.4) is 0 Å². The minimum atomic E-state index is -0.776. The summed E-state index contributed by atoms with van der Waals surface area (Å²) in [4.78, 5) is 27.2. The van der Waals surface area contributed by atoms with Gasteiger partial charge in [-0.25, -0.2) is 0 Å². The number of rotatable bonds is 6. The van der Waals surface area contributed by atoms with Gasteiger partial charge in [-0.2, -0.15) is 0 Å². The van der Waals surface area contributed by atoms with Crippen molar-refractivity contribution in [1.29, 1.82) is 0 Å². The summed E-state index contributed by atoms with van der Waals surface area (Å²) in [6, 6.07) is 0.873. The van der Waals surface area contributed by atoms with Gasteiger partial charge >= 0.3 is 0 Å². The maximum Gasteiger partial charge on any atom is 0.242 e. The van der Waals surface area contributed by atoms with Crippen molar-refractivity contribution in [2.24, 2.45) is 11.3 Å². The first-order valence-electron chi connectivity index (χ1n) is 14.3. The molecule has 1 aromatic heterocycles. The number of amides is 2. The van der Waals surface area contributed by atoms with Crippen LogP contribution >= 0.6 is 0 Å². The van der Waals surface area contributed by atoms with Gasteiger partial charge in [0.05, 0.1) is 18.2 Å². The number of aliphatic hydroxyl groups is 1. The molecule has 0 unspecified atom stereocenters. The lowest BCUT2D eigenvalue weighted by Gasteiger charge is -2.31. The second-order valence-corrected chi connectivity index (χ2v) is 12.4. The smallest absolute Gasteiger partial charge is 0.242 e. The van der Waals surface area contributed by atoms with E-state index in [0.717, 1.165) is 50.0 Å². The first-order valence-corrected chi connectivity index (χ1v) is 14.3. The molecule has 2 heterocycles. The highest BCUT2D eigenvalue weighted by molar-refractivity contribution is 5.87. The van der Waals surface area contributed by atoms with Gasteiger partial charge in [0.2, 0.25) is 11.8 Å². The molecule has 1 saturated heterocycles. The maximum absolute atomic E-state index is 13.1. The third kappa shape index (κ3) is 11.1. The van der Waals surface area contributed by atoms with Crippen molar-refractivity contribution in [2.75, 3.05) is 13.6 Å². The van der Waals surface area contributed by atoms with Gasteiger partial charge in [0.15, 0.2) is 0 Å². The number of nitrogens with zero attached hydrogens (tertiary/aromatic N) is 2. The Morgan fingerprint density at radius 3 is 2.49 bits per heavy atom. The third-order valence-electron chi connectivity index (χ3n) is 7.50. The van der Waals surface area contributed by atoms with E-state index < -0.39 is 18.2 Å². The van der Waals surface area contributed by atoms with Gasteiger partial charge in [0.25, 0.3) is 0 Å². The van der Waals surface area contributed by atoms with Crippen LogP contribution in [0.4, 0.5) is 0 Å². The lowest BCUT2D eigenvalue weighted by molar-refractivity contribution is -0.139. The van der Waals surface area contributed by atoms with Gasteiger partial charge in [-0.1, -0.05) is 71.4 Å². The van der Waals surface area contributed by atoms with E-state index in [2.05, 4.69) is 43.5 Å². The summed E-state index contributed by atoms with van der Waals surface area (Å²) >= 11 is 0. The SMILES string of the molecule is C[C@@H]1CCCCCCCCC(=O)N(C)[C@@H](C)C(=O)N[C@H]([C@H](O)CN[C@@H](C)c2cc(CC(C)(C)C)on2)C1. The number of likely N-dealkylation sites (N-methyl/N-ethyl adjacent to an activating group) is 1. The van der Waals surface area contributed by atoms with E-state index in [4.69, 9.17) is 4.52 Å². The molecule has 1 fully saturated rings. The average Bonchev–Trinajstić information content (AvgIpc) is 3.28. The second kappa shape index (κ2) is 14.9. The summed E-state index contributed by atoms with van der Waals surface area (Å²) < 4.78 is 5.52. The predicted molar refractivity (Wildman–Crippen MR) is 147 cm³/mol. The molecule has 2 amide bonds. The normalized spacial score (nSPS) is 25.5. The van der Waals surface area contributed by atoms with Gasteiger partial charge in [-0.05, 0) is 38.0 Å². The summed E-state index contributed by atoms with van der Waals surface area (Å²) in [6.07, 6.45) is 8.85. The predicted octanol–water partition coefficient (Wildman–Crippen LogP) is 4.77. The Balaban J connectivity index is 2.04. The zero-order valence-electron chi connectivity index (χ0n) is 24.3. The minimum absolute atomic E-state index is 0.00542. The van der Waals surface area contributed by atoms with E-state index >= 15 is 0 Å². The first-order chi connectivity index (χ1) is 17.4. The molecule has 0 spiro atoms. The van der Waals surface area contributed by atoms with E-state index in [9.17, 15) is 14.7 Å². The first kappa shape index (κ1) is 31.3. The molecule has 0 bridgehead atoms. The second-order valence-electron chi connectivity index (χ2n) is 12.4. The molecule has 212 valence electrons. The van der Waals surface area contributed by atoms with Crippen molar-refractivity contribution in [1.82, 2.24) is 20.7 Å². The van der Waals surface area contributed by atoms with Crippen molar-refractivity contribution in [3.8, 4) is 0 Å². The van der Waals surface area contributed by atoms with Gasteiger partial charge in [0, 0.05) is 32.5 Å². The molecule has 0 radical (unpaired) electrons. The minimum Gasteiger partial charge on any atom is -0.390 e. The van der Waals surface area contributed by atoms with E-state index in [0.29, 0.717) is 25.3 Å². The molecule has 8 nitrogen and oxygen atoms in total. The molecule has 8 heteroatoms. The third-order valence-corrected chi connectivity index (χ3v) is 7.50. The van der Waals surface area contributed by atoms with Crippen molar-refractivity contribution < 1.29 is 19.2 Å². The quantitative estimate of drug-likeness (QED) is 0.499. The molecule has 0 saturated carbocycles. The molecule has 2 rings (SSSR count). The summed E-state index contributed by atoms with van der Waals surface area (Å²) in [7, 11) is 1.69. The Hall–Kier alpha value is -1.93. The molecule has 3 N–H and O–H groups in total.